The molecular formula is C16H13NO5S. The van der Waals surface area contributed by atoms with Crippen LogP contribution in [0.2, 0.25) is 0 Å². The van der Waals surface area contributed by atoms with E-state index in [1.165, 1.54) is 7.11 Å². The molecule has 7 heteroatoms. The van der Waals surface area contributed by atoms with Gasteiger partial charge in [0.1, 0.15) is 5.75 Å². The maximum absolute atomic E-state index is 12.0. The summed E-state index contributed by atoms with van der Waals surface area (Å²) in [6, 6.07) is 6.73. The van der Waals surface area contributed by atoms with Crippen LogP contribution >= 0.6 is 11.8 Å². The van der Waals surface area contributed by atoms with Crippen molar-refractivity contribution < 1.29 is 23.9 Å². The Hall–Kier alpha value is -2.72. The van der Waals surface area contributed by atoms with Gasteiger partial charge in [-0.25, -0.2) is 4.79 Å². The lowest BCUT2D eigenvalue weighted by Gasteiger charge is -2.06. The molecule has 0 aromatic heterocycles. The fourth-order valence-electron chi connectivity index (χ4n) is 1.74. The number of rotatable bonds is 5. The van der Waals surface area contributed by atoms with Gasteiger partial charge in [-0.05, 0) is 35.5 Å². The summed E-state index contributed by atoms with van der Waals surface area (Å²) in [6.07, 6.45) is 6.74. The van der Waals surface area contributed by atoms with Gasteiger partial charge >= 0.3 is 5.97 Å². The van der Waals surface area contributed by atoms with Crippen LogP contribution in [-0.2, 0) is 14.3 Å². The van der Waals surface area contributed by atoms with Gasteiger partial charge in [0.15, 0.2) is 6.61 Å². The van der Waals surface area contributed by atoms with Crippen LogP contribution in [0, 0.1) is 12.3 Å². The molecule has 1 aromatic carbocycles. The van der Waals surface area contributed by atoms with Gasteiger partial charge in [0.2, 0.25) is 0 Å². The van der Waals surface area contributed by atoms with Gasteiger partial charge in [-0.15, -0.1) is 6.42 Å². The summed E-state index contributed by atoms with van der Waals surface area (Å²) in [7, 11) is 1.28. The summed E-state index contributed by atoms with van der Waals surface area (Å²) in [4.78, 5) is 36.0. The molecule has 2 rings (SSSR count). The molecule has 1 aromatic rings. The van der Waals surface area contributed by atoms with Crippen molar-refractivity contribution in [3.8, 4) is 18.1 Å². The van der Waals surface area contributed by atoms with Crippen molar-refractivity contribution in [2.75, 3.05) is 20.3 Å². The van der Waals surface area contributed by atoms with Crippen molar-refractivity contribution in [1.29, 1.82) is 0 Å². The standard InChI is InChI=1S/C16H13NO5S/c1-3-8-17-15(19)13(23-16(17)20)9-11-4-6-12(7-5-11)22-10-14(18)21-2/h1,4-7,9H,8,10H2,2H3/b13-9-. The van der Waals surface area contributed by atoms with Crippen molar-refractivity contribution in [3.63, 3.8) is 0 Å². The highest BCUT2D eigenvalue weighted by Crippen LogP contribution is 2.32. The third-order valence-electron chi connectivity index (χ3n) is 2.89. The zero-order valence-electron chi connectivity index (χ0n) is 12.3. The van der Waals surface area contributed by atoms with E-state index >= 15 is 0 Å². The predicted octanol–water partition coefficient (Wildman–Crippen LogP) is 1.91. The Morgan fingerprint density at radius 2 is 2.04 bits per heavy atom. The number of imide groups is 1. The minimum atomic E-state index is -0.476. The maximum Gasteiger partial charge on any atom is 0.343 e. The number of esters is 1. The van der Waals surface area contributed by atoms with E-state index in [9.17, 15) is 14.4 Å². The Balaban J connectivity index is 2.06. The second-order valence-electron chi connectivity index (χ2n) is 4.41. The van der Waals surface area contributed by atoms with Crippen molar-refractivity contribution >= 4 is 35.0 Å². The first-order valence-corrected chi connectivity index (χ1v) is 7.35. The lowest BCUT2D eigenvalue weighted by Crippen LogP contribution is -2.28. The number of hydrogen-bond acceptors (Lipinski definition) is 6. The highest BCUT2D eigenvalue weighted by Gasteiger charge is 2.34. The van der Waals surface area contributed by atoms with Gasteiger partial charge in [-0.3, -0.25) is 14.5 Å². The van der Waals surface area contributed by atoms with E-state index in [1.807, 2.05) is 0 Å². The van der Waals surface area contributed by atoms with Crippen LogP contribution in [0.15, 0.2) is 29.2 Å². The lowest BCUT2D eigenvalue weighted by molar-refractivity contribution is -0.142. The molecule has 0 bridgehead atoms. The molecule has 0 N–H and O–H groups in total. The minimum absolute atomic E-state index is 0.0394. The van der Waals surface area contributed by atoms with Crippen LogP contribution < -0.4 is 4.74 Å². The Morgan fingerprint density at radius 3 is 2.65 bits per heavy atom. The fraction of sp³-hybridized carbons (Fsp3) is 0.188. The third kappa shape index (κ3) is 4.14. The molecule has 0 saturated carbocycles. The first-order valence-electron chi connectivity index (χ1n) is 6.53. The lowest BCUT2D eigenvalue weighted by atomic mass is 10.2. The van der Waals surface area contributed by atoms with Crippen LogP contribution in [0.4, 0.5) is 4.79 Å². The molecule has 2 amide bonds. The highest BCUT2D eigenvalue weighted by atomic mass is 32.2. The molecule has 1 fully saturated rings. The van der Waals surface area contributed by atoms with E-state index in [4.69, 9.17) is 11.2 Å². The predicted molar refractivity (Wildman–Crippen MR) is 85.5 cm³/mol. The molecule has 6 nitrogen and oxygen atoms in total. The van der Waals surface area contributed by atoms with E-state index < -0.39 is 11.9 Å². The van der Waals surface area contributed by atoms with Gasteiger partial charge in [0.25, 0.3) is 11.1 Å². The number of carbonyl (C=O) groups excluding carboxylic acids is 3. The summed E-state index contributed by atoms with van der Waals surface area (Å²) >= 11 is 0.848. The molecule has 23 heavy (non-hydrogen) atoms. The summed E-state index contributed by atoms with van der Waals surface area (Å²) in [6.45, 7) is -0.219. The van der Waals surface area contributed by atoms with Gasteiger partial charge in [0, 0.05) is 0 Å². The average molecular weight is 331 g/mol. The molecule has 0 radical (unpaired) electrons. The van der Waals surface area contributed by atoms with E-state index in [2.05, 4.69) is 10.7 Å². The van der Waals surface area contributed by atoms with Crippen molar-refractivity contribution in [2.45, 2.75) is 0 Å². The Labute approximate surface area is 137 Å². The minimum Gasteiger partial charge on any atom is -0.482 e. The molecule has 0 unspecified atom stereocenters. The first-order chi connectivity index (χ1) is 11.0. The van der Waals surface area contributed by atoms with Crippen molar-refractivity contribution in [1.82, 2.24) is 4.90 Å². The number of amides is 2. The van der Waals surface area contributed by atoms with Crippen LogP contribution in [-0.4, -0.2) is 42.3 Å². The number of hydrogen-bond donors (Lipinski definition) is 0. The molecule has 1 aliphatic heterocycles. The summed E-state index contributed by atoms with van der Waals surface area (Å²) in [5.74, 6) is 1.90. The zero-order chi connectivity index (χ0) is 16.8. The van der Waals surface area contributed by atoms with Gasteiger partial charge in [-0.1, -0.05) is 18.1 Å². The van der Waals surface area contributed by atoms with Crippen LogP contribution in [0.1, 0.15) is 5.56 Å². The topological polar surface area (TPSA) is 72.9 Å². The fourth-order valence-corrected chi connectivity index (χ4v) is 2.58. The molecule has 0 atom stereocenters. The van der Waals surface area contributed by atoms with Crippen LogP contribution in [0.25, 0.3) is 6.08 Å². The number of ether oxygens (including phenoxy) is 2. The number of methoxy groups -OCH3 is 1. The monoisotopic (exact) mass is 331 g/mol. The van der Waals surface area contributed by atoms with E-state index in [-0.39, 0.29) is 18.4 Å². The van der Waals surface area contributed by atoms with Gasteiger partial charge in [-0.2, -0.15) is 0 Å². The van der Waals surface area contributed by atoms with Crippen molar-refractivity contribution in [3.05, 3.63) is 34.7 Å². The molecule has 1 saturated heterocycles. The second kappa shape index (κ2) is 7.51. The third-order valence-corrected chi connectivity index (χ3v) is 3.79. The Morgan fingerprint density at radius 1 is 1.35 bits per heavy atom. The average Bonchev–Trinajstić information content (AvgIpc) is 2.82. The molecule has 118 valence electrons. The normalized spacial score (nSPS) is 15.7. The second-order valence-corrected chi connectivity index (χ2v) is 5.40. The largest absolute Gasteiger partial charge is 0.482 e. The summed E-state index contributed by atoms with van der Waals surface area (Å²) in [5.41, 5.74) is 0.724. The van der Waals surface area contributed by atoms with Crippen LogP contribution in [0.3, 0.4) is 0 Å². The molecule has 0 spiro atoms. The van der Waals surface area contributed by atoms with Crippen LogP contribution in [0.5, 0.6) is 5.75 Å². The van der Waals surface area contributed by atoms with Crippen molar-refractivity contribution in [2.24, 2.45) is 0 Å². The number of carbonyl (C=O) groups is 3. The maximum atomic E-state index is 12.0. The zero-order valence-corrected chi connectivity index (χ0v) is 13.1. The summed E-state index contributed by atoms with van der Waals surface area (Å²) < 4.78 is 9.69. The first kappa shape index (κ1) is 16.6. The Kier molecular flexibility index (Phi) is 5.44. The molecule has 1 heterocycles. The summed E-state index contributed by atoms with van der Waals surface area (Å²) in [5, 5.41) is -0.378. The number of thioether (sulfide) groups is 1. The molecule has 0 aliphatic carbocycles. The van der Waals surface area contributed by atoms with E-state index in [1.54, 1.807) is 30.3 Å². The quantitative estimate of drug-likeness (QED) is 0.466. The number of benzene rings is 1. The molecular weight excluding hydrogens is 318 g/mol. The Bertz CT molecular complexity index is 702. The van der Waals surface area contributed by atoms with E-state index in [0.717, 1.165) is 22.2 Å². The SMILES string of the molecule is C#CCN1C(=O)S/C(=C\c2ccc(OCC(=O)OC)cc2)C1=O. The van der Waals surface area contributed by atoms with Gasteiger partial charge < -0.3 is 9.47 Å². The number of nitrogens with zero attached hydrogens (tertiary/aromatic N) is 1. The van der Waals surface area contributed by atoms with Gasteiger partial charge in [0.05, 0.1) is 18.6 Å². The smallest absolute Gasteiger partial charge is 0.343 e. The highest BCUT2D eigenvalue weighted by molar-refractivity contribution is 8.18. The number of terminal acetylenes is 1. The van der Waals surface area contributed by atoms with E-state index in [0.29, 0.717) is 10.7 Å². The molecule has 1 aliphatic rings.